The molecule has 1 unspecified atom stereocenters. The molecular formula is C6H10NOS-. The van der Waals surface area contributed by atoms with Crippen molar-refractivity contribution >= 4 is 17.7 Å². The summed E-state index contributed by atoms with van der Waals surface area (Å²) in [5.41, 5.74) is 0. The Morgan fingerprint density at radius 1 is 1.78 bits per heavy atom. The fourth-order valence-electron chi connectivity index (χ4n) is 1.12. The molecule has 1 saturated heterocycles. The number of rotatable bonds is 2. The van der Waals surface area contributed by atoms with Crippen molar-refractivity contribution in [2.45, 2.75) is 12.8 Å². The van der Waals surface area contributed by atoms with Crippen LogP contribution in [0, 0.1) is 5.92 Å². The van der Waals surface area contributed by atoms with E-state index in [0.717, 1.165) is 19.5 Å². The number of hydrogen-bond donors (Lipinski definition) is 1. The molecule has 3 heteroatoms. The van der Waals surface area contributed by atoms with E-state index in [-0.39, 0.29) is 5.12 Å². The smallest absolute Gasteiger partial charge is 0.0122 e. The lowest BCUT2D eigenvalue weighted by Gasteiger charge is -2.08. The maximum absolute atomic E-state index is 10.4. The molecule has 0 spiro atoms. The van der Waals surface area contributed by atoms with Crippen molar-refractivity contribution < 1.29 is 4.79 Å². The normalized spacial score (nSPS) is 26.4. The van der Waals surface area contributed by atoms with Crippen LogP contribution >= 0.6 is 0 Å². The predicted octanol–water partition coefficient (Wildman–Crippen LogP) is 0.0595. The molecule has 1 heterocycles. The van der Waals surface area contributed by atoms with Gasteiger partial charge in [0.15, 0.2) is 0 Å². The number of carbonyl (C=O) groups excluding carboxylic acids is 1. The van der Waals surface area contributed by atoms with Crippen LogP contribution in [0.5, 0.6) is 0 Å². The van der Waals surface area contributed by atoms with Crippen LogP contribution in [0.15, 0.2) is 0 Å². The van der Waals surface area contributed by atoms with E-state index in [0.29, 0.717) is 12.3 Å². The second kappa shape index (κ2) is 3.13. The van der Waals surface area contributed by atoms with Crippen molar-refractivity contribution in [2.24, 2.45) is 5.92 Å². The van der Waals surface area contributed by atoms with Crippen LogP contribution in [0.3, 0.4) is 0 Å². The molecule has 52 valence electrons. The third-order valence-corrected chi connectivity index (χ3v) is 1.78. The van der Waals surface area contributed by atoms with Crippen molar-refractivity contribution in [1.82, 2.24) is 5.32 Å². The standard InChI is InChI=1S/C6H11NOS/c8-6(9)3-5-1-2-7-4-5/h5,7H,1-4H2,(H,8,9)/p-1. The first-order valence-corrected chi connectivity index (χ1v) is 3.60. The van der Waals surface area contributed by atoms with Crippen LogP contribution in [0.2, 0.25) is 0 Å². The van der Waals surface area contributed by atoms with Crippen LogP contribution in [0.4, 0.5) is 0 Å². The molecule has 1 aliphatic heterocycles. The molecule has 1 aliphatic rings. The number of hydrogen-bond acceptors (Lipinski definition) is 3. The number of nitrogens with one attached hydrogen (secondary N) is 1. The Balaban J connectivity index is 2.19. The van der Waals surface area contributed by atoms with E-state index in [9.17, 15) is 4.79 Å². The van der Waals surface area contributed by atoms with E-state index in [1.165, 1.54) is 0 Å². The SMILES string of the molecule is O=C([S-])CC1CCNC1. The van der Waals surface area contributed by atoms with E-state index in [4.69, 9.17) is 0 Å². The molecule has 1 fully saturated rings. The van der Waals surface area contributed by atoms with Gasteiger partial charge in [0, 0.05) is 5.12 Å². The van der Waals surface area contributed by atoms with Gasteiger partial charge in [-0.2, -0.15) is 0 Å². The Morgan fingerprint density at radius 3 is 3.00 bits per heavy atom. The van der Waals surface area contributed by atoms with E-state index in [1.54, 1.807) is 0 Å². The molecule has 0 radical (unpaired) electrons. The van der Waals surface area contributed by atoms with E-state index < -0.39 is 0 Å². The molecule has 0 aromatic heterocycles. The summed E-state index contributed by atoms with van der Waals surface area (Å²) in [5, 5.41) is 3.09. The molecule has 0 aliphatic carbocycles. The van der Waals surface area contributed by atoms with Crippen LogP contribution in [-0.4, -0.2) is 18.2 Å². The van der Waals surface area contributed by atoms with Gasteiger partial charge in [0.2, 0.25) is 0 Å². The monoisotopic (exact) mass is 144 g/mol. The topological polar surface area (TPSA) is 29.1 Å². The molecule has 0 amide bonds. The largest absolute Gasteiger partial charge is 0.742 e. The highest BCUT2D eigenvalue weighted by molar-refractivity contribution is 7.77. The second-order valence-corrected chi connectivity index (χ2v) is 2.89. The Bertz CT molecular complexity index is 110. The summed E-state index contributed by atoms with van der Waals surface area (Å²) in [5.74, 6) is 0.523. The Hall–Kier alpha value is -0.150. The summed E-state index contributed by atoms with van der Waals surface area (Å²) in [6.45, 7) is 2.02. The van der Waals surface area contributed by atoms with Crippen molar-refractivity contribution in [3.05, 3.63) is 0 Å². The summed E-state index contributed by atoms with van der Waals surface area (Å²) >= 11 is 4.45. The van der Waals surface area contributed by atoms with Gasteiger partial charge in [0.05, 0.1) is 0 Å². The van der Waals surface area contributed by atoms with Gasteiger partial charge in [-0.05, 0) is 31.8 Å². The minimum atomic E-state index is -0.0938. The second-order valence-electron chi connectivity index (χ2n) is 2.43. The lowest BCUT2D eigenvalue weighted by atomic mass is 10.1. The van der Waals surface area contributed by atoms with E-state index >= 15 is 0 Å². The van der Waals surface area contributed by atoms with Crippen LogP contribution in [0.1, 0.15) is 12.8 Å². The minimum absolute atomic E-state index is 0.0938. The first kappa shape index (κ1) is 6.96. The van der Waals surface area contributed by atoms with Gasteiger partial charge in [-0.15, -0.1) is 0 Å². The molecule has 0 saturated carbocycles. The fraction of sp³-hybridized carbons (Fsp3) is 0.833. The van der Waals surface area contributed by atoms with Crippen molar-refractivity contribution in [2.75, 3.05) is 13.1 Å². The highest BCUT2D eigenvalue weighted by Crippen LogP contribution is 2.11. The first-order valence-electron chi connectivity index (χ1n) is 3.19. The van der Waals surface area contributed by atoms with Gasteiger partial charge >= 0.3 is 0 Å². The third-order valence-electron chi connectivity index (χ3n) is 1.62. The molecule has 1 atom stereocenters. The maximum Gasteiger partial charge on any atom is 0.0122 e. The van der Waals surface area contributed by atoms with Crippen LogP contribution < -0.4 is 5.32 Å². The molecule has 0 bridgehead atoms. The number of carbonyl (C=O) groups is 1. The highest BCUT2D eigenvalue weighted by atomic mass is 32.1. The summed E-state index contributed by atoms with van der Waals surface area (Å²) < 4.78 is 0. The lowest BCUT2D eigenvalue weighted by Crippen LogP contribution is -2.11. The summed E-state index contributed by atoms with van der Waals surface area (Å²) in [6.07, 6.45) is 1.70. The molecule has 1 N–H and O–H groups in total. The molecule has 0 aromatic carbocycles. The minimum Gasteiger partial charge on any atom is -0.742 e. The Kier molecular flexibility index (Phi) is 2.42. The zero-order chi connectivity index (χ0) is 6.69. The average molecular weight is 144 g/mol. The molecule has 2 nitrogen and oxygen atoms in total. The zero-order valence-corrected chi connectivity index (χ0v) is 6.04. The molecule has 0 aromatic rings. The first-order chi connectivity index (χ1) is 4.29. The van der Waals surface area contributed by atoms with Gasteiger partial charge in [0.25, 0.3) is 0 Å². The van der Waals surface area contributed by atoms with Crippen LogP contribution in [-0.2, 0) is 17.4 Å². The van der Waals surface area contributed by atoms with E-state index in [2.05, 4.69) is 17.9 Å². The summed E-state index contributed by atoms with van der Waals surface area (Å²) in [4.78, 5) is 10.4. The van der Waals surface area contributed by atoms with Gasteiger partial charge < -0.3 is 22.7 Å². The quantitative estimate of drug-likeness (QED) is 0.556. The Morgan fingerprint density at radius 2 is 2.56 bits per heavy atom. The van der Waals surface area contributed by atoms with Gasteiger partial charge in [-0.1, -0.05) is 0 Å². The molecular weight excluding hydrogens is 134 g/mol. The molecule has 1 rings (SSSR count). The van der Waals surface area contributed by atoms with Crippen LogP contribution in [0.25, 0.3) is 0 Å². The van der Waals surface area contributed by atoms with E-state index in [1.807, 2.05) is 0 Å². The summed E-state index contributed by atoms with van der Waals surface area (Å²) in [7, 11) is 0. The zero-order valence-electron chi connectivity index (χ0n) is 5.22. The van der Waals surface area contributed by atoms with Crippen molar-refractivity contribution in [1.29, 1.82) is 0 Å². The van der Waals surface area contributed by atoms with Gasteiger partial charge in [-0.3, -0.25) is 0 Å². The Labute approximate surface area is 60.4 Å². The average Bonchev–Trinajstić information content (AvgIpc) is 2.15. The predicted molar refractivity (Wildman–Crippen MR) is 38.0 cm³/mol. The summed E-state index contributed by atoms with van der Waals surface area (Å²) in [6, 6.07) is 0. The third kappa shape index (κ3) is 2.28. The maximum atomic E-state index is 10.4. The highest BCUT2D eigenvalue weighted by Gasteiger charge is 2.13. The van der Waals surface area contributed by atoms with Crippen molar-refractivity contribution in [3.63, 3.8) is 0 Å². The van der Waals surface area contributed by atoms with Gasteiger partial charge in [0.1, 0.15) is 0 Å². The lowest BCUT2D eigenvalue weighted by molar-refractivity contribution is -0.111. The fourth-order valence-corrected chi connectivity index (χ4v) is 1.36. The van der Waals surface area contributed by atoms with Gasteiger partial charge in [-0.25, -0.2) is 0 Å². The molecule has 9 heavy (non-hydrogen) atoms. The van der Waals surface area contributed by atoms with Crippen molar-refractivity contribution in [3.8, 4) is 0 Å².